The molecular formula is C15H24N2O3. The smallest absolute Gasteiger partial charge is 0.407 e. The van der Waals surface area contributed by atoms with Crippen LogP contribution in [-0.2, 0) is 11.2 Å². The summed E-state index contributed by atoms with van der Waals surface area (Å²) in [4.78, 5) is 11.8. The summed E-state index contributed by atoms with van der Waals surface area (Å²) in [5, 5.41) is 12.6. The Labute approximate surface area is 120 Å². The largest absolute Gasteiger partial charge is 0.444 e. The Bertz CT molecular complexity index is 415. The molecule has 1 unspecified atom stereocenters. The normalized spacial score (nSPS) is 14.4. The number of ether oxygens (including phenoxy) is 1. The van der Waals surface area contributed by atoms with Gasteiger partial charge in [0.05, 0.1) is 12.1 Å². The number of amides is 1. The lowest BCUT2D eigenvalue weighted by atomic mass is 10.0. The van der Waals surface area contributed by atoms with Gasteiger partial charge in [-0.2, -0.15) is 0 Å². The topological polar surface area (TPSA) is 84.6 Å². The van der Waals surface area contributed by atoms with Crippen LogP contribution in [0.25, 0.3) is 0 Å². The molecule has 112 valence electrons. The van der Waals surface area contributed by atoms with Gasteiger partial charge in [-0.05, 0) is 32.8 Å². The molecule has 0 spiro atoms. The second-order valence-corrected chi connectivity index (χ2v) is 5.75. The van der Waals surface area contributed by atoms with E-state index in [4.69, 9.17) is 10.5 Å². The Morgan fingerprint density at radius 2 is 1.95 bits per heavy atom. The molecule has 4 N–H and O–H groups in total. The molecule has 5 heteroatoms. The number of aliphatic hydroxyl groups excluding tert-OH is 1. The van der Waals surface area contributed by atoms with Crippen molar-refractivity contribution in [3.8, 4) is 0 Å². The molecule has 0 aliphatic rings. The number of carbonyl (C=O) groups is 1. The van der Waals surface area contributed by atoms with Crippen LogP contribution in [0.5, 0.6) is 0 Å². The van der Waals surface area contributed by atoms with Crippen LogP contribution in [0.4, 0.5) is 4.79 Å². The zero-order chi connectivity index (χ0) is 15.2. The number of nitrogens with two attached hydrogens (primary N) is 1. The summed E-state index contributed by atoms with van der Waals surface area (Å²) in [5.41, 5.74) is 5.93. The van der Waals surface area contributed by atoms with Crippen molar-refractivity contribution in [1.82, 2.24) is 5.32 Å². The van der Waals surface area contributed by atoms with Crippen LogP contribution in [0.15, 0.2) is 30.3 Å². The SMILES string of the molecule is CC(C)(C)OC(=O)N[C@@H](Cc1ccccc1)C(O)CN. The maximum atomic E-state index is 11.8. The second kappa shape index (κ2) is 7.26. The minimum atomic E-state index is -0.817. The summed E-state index contributed by atoms with van der Waals surface area (Å²) in [7, 11) is 0. The van der Waals surface area contributed by atoms with E-state index in [0.717, 1.165) is 5.56 Å². The van der Waals surface area contributed by atoms with E-state index in [2.05, 4.69) is 5.32 Å². The first kappa shape index (κ1) is 16.5. The fourth-order valence-corrected chi connectivity index (χ4v) is 1.77. The van der Waals surface area contributed by atoms with Gasteiger partial charge in [0.1, 0.15) is 5.60 Å². The average molecular weight is 280 g/mol. The van der Waals surface area contributed by atoms with Gasteiger partial charge in [-0.25, -0.2) is 4.79 Å². The molecule has 0 aliphatic carbocycles. The molecule has 0 saturated heterocycles. The molecule has 0 saturated carbocycles. The quantitative estimate of drug-likeness (QED) is 0.762. The molecule has 0 aliphatic heterocycles. The molecule has 0 radical (unpaired) electrons. The minimum absolute atomic E-state index is 0.0767. The Hall–Kier alpha value is -1.59. The summed E-state index contributed by atoms with van der Waals surface area (Å²) in [6.45, 7) is 5.45. The summed E-state index contributed by atoms with van der Waals surface area (Å²) < 4.78 is 5.20. The third kappa shape index (κ3) is 6.04. The van der Waals surface area contributed by atoms with Gasteiger partial charge in [0.25, 0.3) is 0 Å². The average Bonchev–Trinajstić information content (AvgIpc) is 2.36. The van der Waals surface area contributed by atoms with Crippen molar-refractivity contribution in [3.63, 3.8) is 0 Å². The van der Waals surface area contributed by atoms with Crippen molar-refractivity contribution >= 4 is 6.09 Å². The molecule has 5 nitrogen and oxygen atoms in total. The van der Waals surface area contributed by atoms with E-state index in [0.29, 0.717) is 6.42 Å². The zero-order valence-electron chi connectivity index (χ0n) is 12.3. The lowest BCUT2D eigenvalue weighted by Crippen LogP contribution is -2.49. The van der Waals surface area contributed by atoms with E-state index in [9.17, 15) is 9.90 Å². The standard InChI is InChI=1S/C15H24N2O3/c1-15(2,3)20-14(19)17-12(13(18)10-16)9-11-7-5-4-6-8-11/h4-8,12-13,18H,9-10,16H2,1-3H3,(H,17,19)/t12-,13?/m0/s1. The van der Waals surface area contributed by atoms with Crippen molar-refractivity contribution in [2.75, 3.05) is 6.54 Å². The maximum Gasteiger partial charge on any atom is 0.407 e. The van der Waals surface area contributed by atoms with Gasteiger partial charge in [-0.15, -0.1) is 0 Å². The van der Waals surface area contributed by atoms with Crippen LogP contribution in [0.2, 0.25) is 0 Å². The number of hydrogen-bond donors (Lipinski definition) is 3. The van der Waals surface area contributed by atoms with Crippen LogP contribution >= 0.6 is 0 Å². The van der Waals surface area contributed by atoms with Crippen molar-refractivity contribution in [2.24, 2.45) is 5.73 Å². The fraction of sp³-hybridized carbons (Fsp3) is 0.533. The van der Waals surface area contributed by atoms with Gasteiger partial charge < -0.3 is 20.9 Å². The van der Waals surface area contributed by atoms with E-state index in [1.54, 1.807) is 20.8 Å². The van der Waals surface area contributed by atoms with Gasteiger partial charge in [-0.1, -0.05) is 30.3 Å². The Balaban J connectivity index is 2.68. The van der Waals surface area contributed by atoms with Crippen LogP contribution in [0.3, 0.4) is 0 Å². The zero-order valence-corrected chi connectivity index (χ0v) is 12.3. The van der Waals surface area contributed by atoms with E-state index in [-0.39, 0.29) is 6.54 Å². The molecule has 20 heavy (non-hydrogen) atoms. The number of rotatable bonds is 5. The molecule has 1 amide bonds. The first-order valence-corrected chi connectivity index (χ1v) is 6.73. The molecule has 0 aromatic heterocycles. The first-order chi connectivity index (χ1) is 9.31. The first-order valence-electron chi connectivity index (χ1n) is 6.73. The third-order valence-electron chi connectivity index (χ3n) is 2.71. The Morgan fingerprint density at radius 1 is 1.35 bits per heavy atom. The lowest BCUT2D eigenvalue weighted by molar-refractivity contribution is 0.0430. The highest BCUT2D eigenvalue weighted by molar-refractivity contribution is 5.68. The fourth-order valence-electron chi connectivity index (χ4n) is 1.77. The molecule has 0 bridgehead atoms. The third-order valence-corrected chi connectivity index (χ3v) is 2.71. The lowest BCUT2D eigenvalue weighted by Gasteiger charge is -2.26. The van der Waals surface area contributed by atoms with Crippen LogP contribution < -0.4 is 11.1 Å². The van der Waals surface area contributed by atoms with Gasteiger partial charge in [-0.3, -0.25) is 0 Å². The van der Waals surface area contributed by atoms with Crippen molar-refractivity contribution < 1.29 is 14.6 Å². The predicted molar refractivity (Wildman–Crippen MR) is 78.4 cm³/mol. The predicted octanol–water partition coefficient (Wildman–Crippen LogP) is 1.44. The Kier molecular flexibility index (Phi) is 5.98. The number of nitrogens with one attached hydrogen (secondary N) is 1. The molecule has 2 atom stereocenters. The summed E-state index contributed by atoms with van der Waals surface area (Å²) in [6.07, 6.45) is -0.869. The number of carbonyl (C=O) groups excluding carboxylic acids is 1. The van der Waals surface area contributed by atoms with Crippen molar-refractivity contribution in [2.45, 2.75) is 44.9 Å². The van der Waals surface area contributed by atoms with Gasteiger partial charge in [0.15, 0.2) is 0 Å². The maximum absolute atomic E-state index is 11.8. The van der Waals surface area contributed by atoms with Crippen LogP contribution in [0.1, 0.15) is 26.3 Å². The summed E-state index contributed by atoms with van der Waals surface area (Å²) in [5.74, 6) is 0. The van der Waals surface area contributed by atoms with Crippen LogP contribution in [-0.4, -0.2) is 35.5 Å². The monoisotopic (exact) mass is 280 g/mol. The summed E-state index contributed by atoms with van der Waals surface area (Å²) in [6, 6.07) is 9.14. The molecule has 1 aromatic rings. The van der Waals surface area contributed by atoms with Gasteiger partial charge in [0.2, 0.25) is 0 Å². The van der Waals surface area contributed by atoms with E-state index >= 15 is 0 Å². The Morgan fingerprint density at radius 3 is 2.45 bits per heavy atom. The highest BCUT2D eigenvalue weighted by Gasteiger charge is 2.24. The number of aliphatic hydroxyl groups is 1. The van der Waals surface area contributed by atoms with Crippen LogP contribution in [0, 0.1) is 0 Å². The van der Waals surface area contributed by atoms with E-state index in [1.807, 2.05) is 30.3 Å². The van der Waals surface area contributed by atoms with Gasteiger partial charge >= 0.3 is 6.09 Å². The molecular weight excluding hydrogens is 256 g/mol. The molecule has 1 aromatic carbocycles. The van der Waals surface area contributed by atoms with E-state index in [1.165, 1.54) is 0 Å². The molecule has 0 fully saturated rings. The number of hydrogen-bond acceptors (Lipinski definition) is 4. The molecule has 0 heterocycles. The minimum Gasteiger partial charge on any atom is -0.444 e. The van der Waals surface area contributed by atoms with E-state index < -0.39 is 23.8 Å². The number of alkyl carbamates (subject to hydrolysis) is 1. The highest BCUT2D eigenvalue weighted by Crippen LogP contribution is 2.10. The van der Waals surface area contributed by atoms with Crippen molar-refractivity contribution in [1.29, 1.82) is 0 Å². The van der Waals surface area contributed by atoms with Gasteiger partial charge in [0, 0.05) is 6.54 Å². The second-order valence-electron chi connectivity index (χ2n) is 5.75. The highest BCUT2D eigenvalue weighted by atomic mass is 16.6. The number of benzene rings is 1. The van der Waals surface area contributed by atoms with Crippen molar-refractivity contribution in [3.05, 3.63) is 35.9 Å². The summed E-state index contributed by atoms with van der Waals surface area (Å²) >= 11 is 0. The molecule has 1 rings (SSSR count).